The van der Waals surface area contributed by atoms with E-state index in [1.807, 2.05) is 0 Å². The lowest BCUT2D eigenvalue weighted by Crippen LogP contribution is -2.21. The molecule has 0 fully saturated rings. The molecule has 0 aliphatic heterocycles. The van der Waals surface area contributed by atoms with Crippen molar-refractivity contribution in [1.29, 1.82) is 0 Å². The molecule has 24 heavy (non-hydrogen) atoms. The zero-order valence-electron chi connectivity index (χ0n) is 13.0. The molecule has 7 nitrogen and oxygen atoms in total. The van der Waals surface area contributed by atoms with Crippen LogP contribution in [-0.2, 0) is 14.3 Å². The average molecular weight is 328 g/mol. The Kier molecular flexibility index (Phi) is 6.01. The van der Waals surface area contributed by atoms with Gasteiger partial charge in [-0.25, -0.2) is 9.59 Å². The highest BCUT2D eigenvalue weighted by Gasteiger charge is 2.11. The number of esters is 2. The molecule has 1 heterocycles. The molecular formula is C17H16N2O5. The topological polar surface area (TPSA) is 94.6 Å². The van der Waals surface area contributed by atoms with E-state index < -0.39 is 24.5 Å². The molecule has 0 bridgehead atoms. The number of rotatable bonds is 6. The second kappa shape index (κ2) is 8.42. The summed E-state index contributed by atoms with van der Waals surface area (Å²) < 4.78 is 9.76. The SMILES string of the molecule is CCOC(=O)c1ccc(NC(=O)COC(=O)c2cccnc2)cc1. The number of benzene rings is 1. The molecule has 0 aliphatic carbocycles. The third-order valence-corrected chi connectivity index (χ3v) is 2.91. The van der Waals surface area contributed by atoms with Gasteiger partial charge in [-0.2, -0.15) is 0 Å². The lowest BCUT2D eigenvalue weighted by atomic mass is 10.2. The molecule has 1 amide bonds. The molecule has 1 aromatic heterocycles. The largest absolute Gasteiger partial charge is 0.462 e. The Hall–Kier alpha value is -3.22. The normalized spacial score (nSPS) is 9.88. The monoisotopic (exact) mass is 328 g/mol. The Morgan fingerprint density at radius 2 is 1.71 bits per heavy atom. The van der Waals surface area contributed by atoms with Crippen LogP contribution in [0.1, 0.15) is 27.6 Å². The Labute approximate surface area is 138 Å². The van der Waals surface area contributed by atoms with E-state index in [0.717, 1.165) is 0 Å². The van der Waals surface area contributed by atoms with Crippen LogP contribution in [0.25, 0.3) is 0 Å². The van der Waals surface area contributed by atoms with Crippen LogP contribution in [0.2, 0.25) is 0 Å². The summed E-state index contributed by atoms with van der Waals surface area (Å²) in [6.45, 7) is 1.59. The first-order valence-corrected chi connectivity index (χ1v) is 7.24. The number of pyridine rings is 1. The molecule has 0 saturated heterocycles. The van der Waals surface area contributed by atoms with E-state index in [-0.39, 0.29) is 5.56 Å². The molecule has 0 atom stereocenters. The lowest BCUT2D eigenvalue weighted by molar-refractivity contribution is -0.119. The number of carbonyl (C=O) groups excluding carboxylic acids is 3. The van der Waals surface area contributed by atoms with Gasteiger partial charge in [-0.05, 0) is 43.3 Å². The lowest BCUT2D eigenvalue weighted by Gasteiger charge is -2.07. The third-order valence-electron chi connectivity index (χ3n) is 2.91. The number of nitrogens with zero attached hydrogens (tertiary/aromatic N) is 1. The highest BCUT2D eigenvalue weighted by molar-refractivity contribution is 5.96. The molecular weight excluding hydrogens is 312 g/mol. The van der Waals surface area contributed by atoms with Crippen LogP contribution in [-0.4, -0.2) is 36.0 Å². The number of amides is 1. The highest BCUT2D eigenvalue weighted by atomic mass is 16.5. The smallest absolute Gasteiger partial charge is 0.340 e. The maximum Gasteiger partial charge on any atom is 0.340 e. The van der Waals surface area contributed by atoms with E-state index >= 15 is 0 Å². The number of aromatic nitrogens is 1. The summed E-state index contributed by atoms with van der Waals surface area (Å²) in [7, 11) is 0. The summed E-state index contributed by atoms with van der Waals surface area (Å²) in [6.07, 6.45) is 2.89. The van der Waals surface area contributed by atoms with Crippen LogP contribution < -0.4 is 5.32 Å². The minimum absolute atomic E-state index is 0.268. The Morgan fingerprint density at radius 1 is 1.00 bits per heavy atom. The molecule has 0 spiro atoms. The summed E-state index contributed by atoms with van der Waals surface area (Å²) in [6, 6.07) is 9.34. The van der Waals surface area contributed by atoms with Gasteiger partial charge in [0.25, 0.3) is 5.91 Å². The second-order valence-electron chi connectivity index (χ2n) is 4.66. The maximum absolute atomic E-state index is 11.8. The van der Waals surface area contributed by atoms with Gasteiger partial charge in [-0.15, -0.1) is 0 Å². The quantitative estimate of drug-likeness (QED) is 0.816. The molecule has 0 saturated carbocycles. The van der Waals surface area contributed by atoms with Gasteiger partial charge in [0.1, 0.15) is 0 Å². The molecule has 1 aromatic carbocycles. The van der Waals surface area contributed by atoms with Crippen LogP contribution >= 0.6 is 0 Å². The van der Waals surface area contributed by atoms with Crippen LogP contribution in [0.15, 0.2) is 48.8 Å². The summed E-state index contributed by atoms with van der Waals surface area (Å²) in [4.78, 5) is 38.8. The minimum atomic E-state index is -0.629. The van der Waals surface area contributed by atoms with Crippen molar-refractivity contribution in [2.24, 2.45) is 0 Å². The fourth-order valence-electron chi connectivity index (χ4n) is 1.80. The summed E-state index contributed by atoms with van der Waals surface area (Å²) >= 11 is 0. The maximum atomic E-state index is 11.8. The summed E-state index contributed by atoms with van der Waals surface area (Å²) in [5.41, 5.74) is 1.13. The summed E-state index contributed by atoms with van der Waals surface area (Å²) in [5, 5.41) is 2.56. The fourth-order valence-corrected chi connectivity index (χ4v) is 1.80. The van der Waals surface area contributed by atoms with E-state index in [1.54, 1.807) is 31.2 Å². The van der Waals surface area contributed by atoms with E-state index in [4.69, 9.17) is 9.47 Å². The second-order valence-corrected chi connectivity index (χ2v) is 4.66. The predicted octanol–water partition coefficient (Wildman–Crippen LogP) is 2.05. The van der Waals surface area contributed by atoms with E-state index in [0.29, 0.717) is 17.9 Å². The van der Waals surface area contributed by atoms with Crippen molar-refractivity contribution in [3.8, 4) is 0 Å². The number of carbonyl (C=O) groups is 3. The van der Waals surface area contributed by atoms with Crippen LogP contribution in [0.3, 0.4) is 0 Å². The Bertz CT molecular complexity index is 714. The first-order valence-electron chi connectivity index (χ1n) is 7.24. The van der Waals surface area contributed by atoms with Crippen molar-refractivity contribution in [3.05, 3.63) is 59.9 Å². The van der Waals surface area contributed by atoms with Crippen LogP contribution in [0.5, 0.6) is 0 Å². The third kappa shape index (κ3) is 4.91. The van der Waals surface area contributed by atoms with E-state index in [9.17, 15) is 14.4 Å². The highest BCUT2D eigenvalue weighted by Crippen LogP contribution is 2.10. The van der Waals surface area contributed by atoms with E-state index in [2.05, 4.69) is 10.3 Å². The Morgan fingerprint density at radius 3 is 2.33 bits per heavy atom. The molecule has 0 unspecified atom stereocenters. The van der Waals surface area contributed by atoms with Crippen molar-refractivity contribution in [1.82, 2.24) is 4.98 Å². The molecule has 124 valence electrons. The van der Waals surface area contributed by atoms with Crippen molar-refractivity contribution >= 4 is 23.5 Å². The standard InChI is InChI=1S/C17H16N2O5/c1-2-23-16(21)12-5-7-14(8-6-12)19-15(20)11-24-17(22)13-4-3-9-18-10-13/h3-10H,2,11H2,1H3,(H,19,20). The van der Waals surface area contributed by atoms with Crippen LogP contribution in [0, 0.1) is 0 Å². The minimum Gasteiger partial charge on any atom is -0.462 e. The molecule has 0 aliphatic rings. The van der Waals surface area contributed by atoms with Crippen molar-refractivity contribution in [3.63, 3.8) is 0 Å². The zero-order valence-corrected chi connectivity index (χ0v) is 13.0. The average Bonchev–Trinajstić information content (AvgIpc) is 2.61. The molecule has 0 radical (unpaired) electrons. The Balaban J connectivity index is 1.84. The van der Waals surface area contributed by atoms with Crippen molar-refractivity contribution in [2.45, 2.75) is 6.92 Å². The van der Waals surface area contributed by atoms with E-state index in [1.165, 1.54) is 24.5 Å². The van der Waals surface area contributed by atoms with Crippen LogP contribution in [0.4, 0.5) is 5.69 Å². The first kappa shape index (κ1) is 17.1. The number of nitrogens with one attached hydrogen (secondary N) is 1. The zero-order chi connectivity index (χ0) is 17.4. The van der Waals surface area contributed by atoms with Gasteiger partial charge < -0.3 is 14.8 Å². The van der Waals surface area contributed by atoms with Gasteiger partial charge in [0.15, 0.2) is 6.61 Å². The van der Waals surface area contributed by atoms with Crippen molar-refractivity contribution in [2.75, 3.05) is 18.5 Å². The van der Waals surface area contributed by atoms with Gasteiger partial charge >= 0.3 is 11.9 Å². The van der Waals surface area contributed by atoms with Gasteiger partial charge in [0, 0.05) is 18.1 Å². The van der Waals surface area contributed by atoms with Gasteiger partial charge in [0.05, 0.1) is 17.7 Å². The molecule has 2 aromatic rings. The number of anilines is 1. The number of hydrogen-bond acceptors (Lipinski definition) is 6. The fraction of sp³-hybridized carbons (Fsp3) is 0.176. The number of ether oxygens (including phenoxy) is 2. The first-order chi connectivity index (χ1) is 11.6. The van der Waals surface area contributed by atoms with Gasteiger partial charge in [-0.1, -0.05) is 0 Å². The van der Waals surface area contributed by atoms with Gasteiger partial charge in [0.2, 0.25) is 0 Å². The molecule has 2 rings (SSSR count). The predicted molar refractivity (Wildman–Crippen MR) is 85.5 cm³/mol. The summed E-state index contributed by atoms with van der Waals surface area (Å²) in [5.74, 6) is -1.55. The van der Waals surface area contributed by atoms with Crippen molar-refractivity contribution < 1.29 is 23.9 Å². The van der Waals surface area contributed by atoms with Gasteiger partial charge in [-0.3, -0.25) is 9.78 Å². The number of hydrogen-bond donors (Lipinski definition) is 1. The molecule has 7 heteroatoms. The molecule has 1 N–H and O–H groups in total.